The number of thiophene rings is 1. The van der Waals surface area contributed by atoms with Crippen LogP contribution in [0.3, 0.4) is 0 Å². The first kappa shape index (κ1) is 63.7. The van der Waals surface area contributed by atoms with Gasteiger partial charge in [0, 0.05) is 112 Å². The molecule has 3 aliphatic heterocycles. The number of hydrogen-bond donors (Lipinski definition) is 3. The molecule has 3 saturated heterocycles. The van der Waals surface area contributed by atoms with E-state index in [1.54, 1.807) is 24.3 Å². The van der Waals surface area contributed by atoms with Crippen LogP contribution in [0, 0.1) is 23.5 Å². The maximum atomic E-state index is 13.3. The van der Waals surface area contributed by atoms with Gasteiger partial charge in [-0.25, -0.2) is 38.7 Å². The Bertz CT molecular complexity index is 3510. The van der Waals surface area contributed by atoms with E-state index in [1.165, 1.54) is 58.5 Å². The molecule has 2 atom stereocenters. The fraction of sp³-hybridized carbons (Fsp3) is 0.378. The Morgan fingerprint density at radius 1 is 0.455 bits per heavy atom. The zero-order valence-corrected chi connectivity index (χ0v) is 52.1. The Kier molecular flexibility index (Phi) is 24.9. The van der Waals surface area contributed by atoms with Crippen molar-refractivity contribution in [2.24, 2.45) is 11.8 Å². The molecule has 0 aliphatic carbocycles. The van der Waals surface area contributed by atoms with E-state index in [2.05, 4.69) is 138 Å². The van der Waals surface area contributed by atoms with Gasteiger partial charge in [-0.05, 0) is 202 Å². The summed E-state index contributed by atoms with van der Waals surface area (Å²) in [4.78, 5) is 34.2. The lowest BCUT2D eigenvalue weighted by Gasteiger charge is -2.29. The third kappa shape index (κ3) is 20.9. The first-order valence-electron chi connectivity index (χ1n) is 32.1. The molecule has 0 radical (unpaired) electrons. The molecule has 88 heavy (non-hydrogen) atoms. The molecule has 0 saturated carbocycles. The molecule has 5 aromatic carbocycles. The SMILES string of the molecule is C[C@@H]1CNCC[C@H]1CCc1cccc(-c2ccnc(CCCc3cccc(F)c3)n2)c1.Fc1cccc(CCCc2nccc(-c3cccc(CN4CCCNCC4)c3)n2)c1.c1cc(CN2CCNCC2)cc(-c2ccnc(CCCc3cccs3)n2)c1. The predicted octanol–water partition coefficient (Wildman–Crippen LogP) is 13.7. The zero-order chi connectivity index (χ0) is 60.4. The van der Waals surface area contributed by atoms with Gasteiger partial charge in [-0.1, -0.05) is 91.9 Å². The van der Waals surface area contributed by atoms with Gasteiger partial charge in [0.1, 0.15) is 29.1 Å². The monoisotopic (exact) mass is 1200 g/mol. The fourth-order valence-electron chi connectivity index (χ4n) is 12.0. The zero-order valence-electron chi connectivity index (χ0n) is 51.3. The molecule has 14 heteroatoms. The molecular formula is C74H87F2N11S. The standard InChI is InChI=1S/C27H32FN3.C25H29FN4.C22H26N4S/c1-20-19-29-15-13-23(20)12-11-22-5-2-8-24(17-22)26-14-16-30-27(31-26)10-4-7-21-6-3-9-25(28)18-21;26-23-9-2-5-20(18-23)6-3-10-25-28-13-11-24(29-25)22-8-1-7-21(17-22)19-30-15-4-12-27-14-16-30;1-4-18(17-26-13-11-23-12-14-26)16-19(5-1)21-9-10-24-22(25-21)8-2-6-20-7-3-15-27-20/h2-3,5-6,8-9,14,16-18,20,23,29H,4,7,10-13,15,19H2,1H3;1-2,5,7-9,11,13,17-18,27H,3-4,6,10,12,14-16,19H2;1,3-5,7,9-10,15-16,23H,2,6,8,11-14,17H2/t20-,23-;;/m1../s1. The molecule has 3 N–H and O–H groups in total. The third-order valence-corrected chi connectivity index (χ3v) is 17.9. The average molecular weight is 1200 g/mol. The van der Waals surface area contributed by atoms with Crippen LogP contribution in [-0.4, -0.2) is 105 Å². The summed E-state index contributed by atoms with van der Waals surface area (Å²) in [5.41, 5.74) is 12.5. The number of nitrogens with one attached hydrogen (secondary N) is 3. The smallest absolute Gasteiger partial charge is 0.128 e. The topological polar surface area (TPSA) is 120 Å². The summed E-state index contributed by atoms with van der Waals surface area (Å²) < 4.78 is 26.7. The van der Waals surface area contributed by atoms with Gasteiger partial charge in [0.05, 0.1) is 17.1 Å². The molecule has 7 heterocycles. The fourth-order valence-corrected chi connectivity index (χ4v) is 12.8. The van der Waals surface area contributed by atoms with Crippen LogP contribution in [-0.2, 0) is 58.0 Å². The van der Waals surface area contributed by atoms with Crippen LogP contribution in [0.2, 0.25) is 0 Å². The molecule has 12 rings (SSSR count). The van der Waals surface area contributed by atoms with Crippen molar-refractivity contribution in [2.45, 2.75) is 103 Å². The van der Waals surface area contributed by atoms with Gasteiger partial charge in [0.25, 0.3) is 0 Å². The summed E-state index contributed by atoms with van der Waals surface area (Å²) in [7, 11) is 0. The van der Waals surface area contributed by atoms with Crippen LogP contribution in [0.15, 0.2) is 176 Å². The van der Waals surface area contributed by atoms with Crippen molar-refractivity contribution >= 4 is 11.3 Å². The lowest BCUT2D eigenvalue weighted by atomic mass is 9.83. The summed E-state index contributed by atoms with van der Waals surface area (Å²) in [5, 5.41) is 12.5. The molecule has 0 unspecified atom stereocenters. The van der Waals surface area contributed by atoms with Crippen LogP contribution < -0.4 is 16.0 Å². The summed E-state index contributed by atoms with van der Waals surface area (Å²) >= 11 is 1.83. The highest BCUT2D eigenvalue weighted by Gasteiger charge is 2.21. The first-order chi connectivity index (χ1) is 43.3. The minimum absolute atomic E-state index is 0.176. The van der Waals surface area contributed by atoms with Crippen molar-refractivity contribution in [1.82, 2.24) is 55.7 Å². The molecule has 4 aromatic heterocycles. The molecular weight excluding hydrogens is 1110 g/mol. The van der Waals surface area contributed by atoms with Crippen LogP contribution in [0.5, 0.6) is 0 Å². The second kappa shape index (κ2) is 34.5. The van der Waals surface area contributed by atoms with Crippen molar-refractivity contribution in [2.75, 3.05) is 65.4 Å². The molecule has 3 aliphatic rings. The van der Waals surface area contributed by atoms with Gasteiger partial charge in [-0.3, -0.25) is 9.80 Å². The summed E-state index contributed by atoms with van der Waals surface area (Å²) in [6.07, 6.45) is 18.6. The van der Waals surface area contributed by atoms with Gasteiger partial charge >= 0.3 is 0 Å². The van der Waals surface area contributed by atoms with Crippen LogP contribution >= 0.6 is 11.3 Å². The molecule has 11 nitrogen and oxygen atoms in total. The second-order valence-corrected chi connectivity index (χ2v) is 24.8. The number of piperazine rings is 1. The van der Waals surface area contributed by atoms with Crippen LogP contribution in [0.4, 0.5) is 8.78 Å². The molecule has 0 amide bonds. The van der Waals surface area contributed by atoms with E-state index < -0.39 is 0 Å². The maximum Gasteiger partial charge on any atom is 0.128 e. The molecule has 9 aromatic rings. The van der Waals surface area contributed by atoms with E-state index in [1.807, 2.05) is 60.3 Å². The van der Waals surface area contributed by atoms with Crippen molar-refractivity contribution in [3.63, 3.8) is 0 Å². The number of halogens is 2. The van der Waals surface area contributed by atoms with Crippen molar-refractivity contribution in [3.05, 3.63) is 237 Å². The van der Waals surface area contributed by atoms with E-state index in [0.717, 1.165) is 211 Å². The van der Waals surface area contributed by atoms with Gasteiger partial charge in [-0.15, -0.1) is 11.3 Å². The lowest BCUT2D eigenvalue weighted by molar-refractivity contribution is 0.233. The Morgan fingerprint density at radius 2 is 0.920 bits per heavy atom. The quantitative estimate of drug-likeness (QED) is 0.0602. The Balaban J connectivity index is 0.000000146. The molecule has 0 bridgehead atoms. The minimum atomic E-state index is -0.179. The predicted molar refractivity (Wildman–Crippen MR) is 355 cm³/mol. The Hall–Kier alpha value is -7.30. The highest BCUT2D eigenvalue weighted by Crippen LogP contribution is 2.27. The number of piperidine rings is 1. The minimum Gasteiger partial charge on any atom is -0.316 e. The van der Waals surface area contributed by atoms with Gasteiger partial charge in [0.2, 0.25) is 0 Å². The van der Waals surface area contributed by atoms with Crippen molar-refractivity contribution in [1.29, 1.82) is 0 Å². The third-order valence-electron chi connectivity index (χ3n) is 16.9. The van der Waals surface area contributed by atoms with Crippen molar-refractivity contribution in [3.8, 4) is 33.8 Å². The first-order valence-corrected chi connectivity index (χ1v) is 33.0. The molecule has 458 valence electrons. The number of aromatic nitrogens is 6. The van der Waals surface area contributed by atoms with Gasteiger partial charge < -0.3 is 16.0 Å². The normalized spacial score (nSPS) is 16.4. The number of rotatable bonds is 22. The van der Waals surface area contributed by atoms with E-state index in [0.29, 0.717) is 0 Å². The Morgan fingerprint density at radius 3 is 1.42 bits per heavy atom. The molecule has 3 fully saturated rings. The maximum absolute atomic E-state index is 13.3. The largest absolute Gasteiger partial charge is 0.316 e. The number of benzene rings is 5. The van der Waals surface area contributed by atoms with E-state index >= 15 is 0 Å². The van der Waals surface area contributed by atoms with Gasteiger partial charge in [0.15, 0.2) is 0 Å². The summed E-state index contributed by atoms with van der Waals surface area (Å²) in [6, 6.07) is 50.2. The van der Waals surface area contributed by atoms with E-state index in [-0.39, 0.29) is 11.6 Å². The summed E-state index contributed by atoms with van der Waals surface area (Å²) in [5.74, 6) is 3.85. The average Bonchev–Trinajstić information content (AvgIpc) is 3.78. The molecule has 0 spiro atoms. The summed E-state index contributed by atoms with van der Waals surface area (Å²) in [6.45, 7) is 15.4. The van der Waals surface area contributed by atoms with Gasteiger partial charge in [-0.2, -0.15) is 0 Å². The lowest BCUT2D eigenvalue weighted by Crippen LogP contribution is -2.42. The van der Waals surface area contributed by atoms with E-state index in [9.17, 15) is 8.78 Å². The van der Waals surface area contributed by atoms with Crippen LogP contribution in [0.25, 0.3) is 33.8 Å². The number of aryl methyl sites for hydroxylation is 7. The van der Waals surface area contributed by atoms with Crippen molar-refractivity contribution < 1.29 is 8.78 Å². The highest BCUT2D eigenvalue weighted by molar-refractivity contribution is 7.09. The van der Waals surface area contributed by atoms with E-state index in [4.69, 9.17) is 15.0 Å². The van der Waals surface area contributed by atoms with Crippen LogP contribution in [0.1, 0.15) is 95.6 Å². The number of hydrogen-bond acceptors (Lipinski definition) is 12. The highest BCUT2D eigenvalue weighted by atomic mass is 32.1. The number of nitrogens with zero attached hydrogens (tertiary/aromatic N) is 8. The Labute approximate surface area is 525 Å². The second-order valence-electron chi connectivity index (χ2n) is 23.8.